The van der Waals surface area contributed by atoms with Crippen LogP contribution < -0.4 is 4.74 Å². The Hall–Kier alpha value is -3.04. The van der Waals surface area contributed by atoms with E-state index in [1.165, 1.54) is 16.2 Å². The minimum Gasteiger partial charge on any atom is -0.496 e. The minimum atomic E-state index is -1.48. The Bertz CT molecular complexity index is 1320. The molecule has 1 fully saturated rings. The predicted octanol–water partition coefficient (Wildman–Crippen LogP) is 6.13. The van der Waals surface area contributed by atoms with Crippen LogP contribution >= 0.6 is 22.9 Å². The van der Waals surface area contributed by atoms with Crippen molar-refractivity contribution < 1.29 is 19.4 Å². The molecular weight excluding hydrogens is 524 g/mol. The Morgan fingerprint density at radius 1 is 1.24 bits per heavy atom. The smallest absolute Gasteiger partial charge is 0.329 e. The van der Waals surface area contributed by atoms with E-state index in [0.717, 1.165) is 5.56 Å². The van der Waals surface area contributed by atoms with Crippen molar-refractivity contribution in [3.63, 3.8) is 0 Å². The van der Waals surface area contributed by atoms with E-state index in [4.69, 9.17) is 16.3 Å². The molecule has 0 spiro atoms. The van der Waals surface area contributed by atoms with Gasteiger partial charge >= 0.3 is 5.97 Å². The molecule has 0 radical (unpaired) electrons. The number of nitrogens with zero attached hydrogens (tertiary/aromatic N) is 4. The molecule has 1 N–H and O–H groups in total. The van der Waals surface area contributed by atoms with Crippen molar-refractivity contribution in [1.29, 1.82) is 0 Å². The number of ether oxygens (including phenoxy) is 1. The number of rotatable bonds is 7. The fourth-order valence-electron chi connectivity index (χ4n) is 5.55. The average molecular weight is 557 g/mol. The minimum absolute atomic E-state index is 0.00510. The van der Waals surface area contributed by atoms with Crippen molar-refractivity contribution in [3.05, 3.63) is 69.2 Å². The second kappa shape index (κ2) is 10.6. The molecule has 3 heterocycles. The Morgan fingerprint density at radius 2 is 1.97 bits per heavy atom. The molecule has 4 rings (SSSR count). The lowest BCUT2D eigenvalue weighted by atomic mass is 9.82. The lowest BCUT2D eigenvalue weighted by Gasteiger charge is -2.39. The largest absolute Gasteiger partial charge is 0.496 e. The quantitative estimate of drug-likeness (QED) is 0.373. The number of amides is 1. The number of carbonyl (C=O) groups excluding carboxylic acids is 1. The summed E-state index contributed by atoms with van der Waals surface area (Å²) in [5, 5.41) is 10.8. The molecule has 2 aromatic heterocycles. The molecule has 1 saturated heterocycles. The van der Waals surface area contributed by atoms with E-state index in [1.807, 2.05) is 19.9 Å². The van der Waals surface area contributed by atoms with Crippen LogP contribution in [0, 0.1) is 5.92 Å². The van der Waals surface area contributed by atoms with Gasteiger partial charge in [0.15, 0.2) is 4.47 Å². The van der Waals surface area contributed by atoms with E-state index >= 15 is 0 Å². The van der Waals surface area contributed by atoms with Crippen LogP contribution in [0.1, 0.15) is 85.9 Å². The van der Waals surface area contributed by atoms with Gasteiger partial charge in [-0.2, -0.15) is 0 Å². The summed E-state index contributed by atoms with van der Waals surface area (Å²) in [6.07, 6.45) is 6.86. The van der Waals surface area contributed by atoms with Crippen molar-refractivity contribution in [1.82, 2.24) is 19.9 Å². The maximum atomic E-state index is 14.5. The zero-order valence-electron chi connectivity index (χ0n) is 22.4. The summed E-state index contributed by atoms with van der Waals surface area (Å²) in [7, 11) is 1.57. The number of thiazole rings is 1. The Kier molecular flexibility index (Phi) is 7.81. The van der Waals surface area contributed by atoms with Gasteiger partial charge in [-0.05, 0) is 41.9 Å². The molecule has 1 unspecified atom stereocenters. The van der Waals surface area contributed by atoms with Crippen molar-refractivity contribution in [2.45, 2.75) is 70.4 Å². The number of likely N-dealkylation sites (tertiary alicyclic amines) is 1. The topological polar surface area (TPSA) is 106 Å². The van der Waals surface area contributed by atoms with Crippen molar-refractivity contribution in [2.75, 3.05) is 7.11 Å². The van der Waals surface area contributed by atoms with E-state index in [2.05, 4.69) is 35.7 Å². The van der Waals surface area contributed by atoms with Gasteiger partial charge in [-0.25, -0.2) is 9.78 Å². The summed E-state index contributed by atoms with van der Waals surface area (Å²) in [4.78, 5) is 42.8. The first-order chi connectivity index (χ1) is 17.9. The summed E-state index contributed by atoms with van der Waals surface area (Å²) < 4.78 is 5.98. The van der Waals surface area contributed by atoms with E-state index < -0.39 is 29.4 Å². The van der Waals surface area contributed by atoms with Gasteiger partial charge in [0, 0.05) is 41.1 Å². The molecule has 1 aliphatic rings. The lowest BCUT2D eigenvalue weighted by molar-refractivity contribution is -0.150. The van der Waals surface area contributed by atoms with Crippen LogP contribution in [0.15, 0.2) is 43.0 Å². The van der Waals surface area contributed by atoms with Gasteiger partial charge in [0.25, 0.3) is 5.91 Å². The molecule has 202 valence electrons. The lowest BCUT2D eigenvalue weighted by Crippen LogP contribution is -2.54. The van der Waals surface area contributed by atoms with Gasteiger partial charge < -0.3 is 14.7 Å². The van der Waals surface area contributed by atoms with Crippen LogP contribution in [0.5, 0.6) is 5.75 Å². The molecule has 1 aromatic carbocycles. The van der Waals surface area contributed by atoms with Gasteiger partial charge in [-0.15, -0.1) is 11.3 Å². The third-order valence-electron chi connectivity index (χ3n) is 7.05. The molecule has 0 saturated carbocycles. The zero-order chi connectivity index (χ0) is 27.8. The number of halogens is 1. The van der Waals surface area contributed by atoms with Crippen molar-refractivity contribution >= 4 is 34.8 Å². The van der Waals surface area contributed by atoms with Crippen LogP contribution in [0.3, 0.4) is 0 Å². The van der Waals surface area contributed by atoms with Gasteiger partial charge in [-0.3, -0.25) is 14.8 Å². The number of benzene rings is 1. The van der Waals surface area contributed by atoms with Gasteiger partial charge in [0.2, 0.25) is 0 Å². The van der Waals surface area contributed by atoms with Crippen LogP contribution in [0.2, 0.25) is 4.47 Å². The fraction of sp³-hybridized carbons (Fsp3) is 0.464. The van der Waals surface area contributed by atoms with Crippen molar-refractivity contribution in [3.8, 4) is 5.75 Å². The molecule has 8 nitrogen and oxygen atoms in total. The van der Waals surface area contributed by atoms with E-state index in [-0.39, 0.29) is 24.2 Å². The highest BCUT2D eigenvalue weighted by atomic mass is 35.5. The summed E-state index contributed by atoms with van der Waals surface area (Å²) in [6.45, 7) is 10.1. The summed E-state index contributed by atoms with van der Waals surface area (Å²) in [5.74, 6) is -1.28. The standard InChI is InChI=1S/C28H33ClN4O4S/c1-16(2)12-28(25(35)36)13-18(20-14-30-9-10-31-20)23(22-15-32-26(29)38-22)33(28)24(34)17-7-8-19(27(3,4)5)21(11-17)37-6/h7-11,14-16,18,23H,12-13H2,1-6H3,(H,35,36)/t18-,23-,28?/m1/s1. The van der Waals surface area contributed by atoms with Crippen molar-refractivity contribution in [2.24, 2.45) is 5.92 Å². The molecule has 1 aliphatic heterocycles. The Balaban J connectivity index is 1.94. The normalized spacial score (nSPS) is 21.6. The molecule has 10 heteroatoms. The maximum Gasteiger partial charge on any atom is 0.329 e. The first-order valence-corrected chi connectivity index (χ1v) is 13.7. The highest BCUT2D eigenvalue weighted by Crippen LogP contribution is 2.55. The van der Waals surface area contributed by atoms with Crippen LogP contribution in [0.25, 0.3) is 0 Å². The average Bonchev–Trinajstić information content (AvgIpc) is 3.44. The molecule has 1 amide bonds. The van der Waals surface area contributed by atoms with Gasteiger partial charge in [-0.1, -0.05) is 52.3 Å². The Morgan fingerprint density at radius 3 is 2.50 bits per heavy atom. The summed E-state index contributed by atoms with van der Waals surface area (Å²) in [6, 6.07) is 4.69. The number of carbonyl (C=O) groups is 2. The molecule has 0 aliphatic carbocycles. The zero-order valence-corrected chi connectivity index (χ0v) is 24.0. The number of carboxylic acid groups (broad SMARTS) is 1. The summed E-state index contributed by atoms with van der Waals surface area (Å²) in [5.41, 5.74) is 0.233. The van der Waals surface area contributed by atoms with Crippen LogP contribution in [-0.2, 0) is 10.2 Å². The predicted molar refractivity (Wildman–Crippen MR) is 147 cm³/mol. The molecule has 3 aromatic rings. The SMILES string of the molecule is COc1cc(C(=O)N2[C@@H](c3cnc(Cl)s3)[C@@H](c3cnccn3)CC2(CC(C)C)C(=O)O)ccc1C(C)(C)C. The summed E-state index contributed by atoms with van der Waals surface area (Å²) >= 11 is 7.48. The number of aliphatic carboxylic acids is 1. The third kappa shape index (κ3) is 5.14. The van der Waals surface area contributed by atoms with Gasteiger partial charge in [0.05, 0.1) is 18.8 Å². The first kappa shape index (κ1) is 28.0. The number of hydrogen-bond donors (Lipinski definition) is 1. The van der Waals surface area contributed by atoms with Gasteiger partial charge in [0.1, 0.15) is 11.3 Å². The second-order valence-electron chi connectivity index (χ2n) is 11.2. The molecule has 3 atom stereocenters. The van der Waals surface area contributed by atoms with E-state index in [9.17, 15) is 14.7 Å². The maximum absolute atomic E-state index is 14.5. The fourth-order valence-corrected chi connectivity index (χ4v) is 6.67. The Labute approximate surface area is 232 Å². The highest BCUT2D eigenvalue weighted by molar-refractivity contribution is 7.15. The van der Waals surface area contributed by atoms with Crippen LogP contribution in [0.4, 0.5) is 0 Å². The molecule has 0 bridgehead atoms. The monoisotopic (exact) mass is 556 g/mol. The van der Waals surface area contributed by atoms with E-state index in [1.54, 1.807) is 44.0 Å². The molecule has 38 heavy (non-hydrogen) atoms. The first-order valence-electron chi connectivity index (χ1n) is 12.5. The highest BCUT2D eigenvalue weighted by Gasteiger charge is 2.60. The second-order valence-corrected chi connectivity index (χ2v) is 12.8. The molecular formula is C28H33ClN4O4S. The number of aromatic nitrogens is 3. The number of carboxylic acids is 1. The number of hydrogen-bond acceptors (Lipinski definition) is 7. The third-order valence-corrected chi connectivity index (χ3v) is 8.23. The van der Waals surface area contributed by atoms with Crippen LogP contribution in [-0.4, -0.2) is 49.5 Å². The number of methoxy groups -OCH3 is 1. The van der Waals surface area contributed by atoms with E-state index in [0.29, 0.717) is 26.4 Å².